The molecular weight excluding hydrogens is 316 g/mol. The standard InChI is InChI=1S/C18H18N6O/c25-18(17-8-9-20-24(17)14-5-3-6-14)22-12-15-10-19-21-23(15)11-13-4-1-2-7-16(13)22/h1-2,4,7-10,14H,3,5-6,11-12H2. The molecule has 7 heteroatoms. The van der Waals surface area contributed by atoms with Crippen LogP contribution in [0.25, 0.3) is 0 Å². The predicted molar refractivity (Wildman–Crippen MR) is 91.2 cm³/mol. The zero-order valence-corrected chi connectivity index (χ0v) is 13.7. The van der Waals surface area contributed by atoms with Gasteiger partial charge in [-0.2, -0.15) is 5.10 Å². The lowest BCUT2D eigenvalue weighted by atomic mass is 9.93. The topological polar surface area (TPSA) is 68.8 Å². The molecule has 1 aliphatic heterocycles. The first kappa shape index (κ1) is 14.4. The molecule has 1 fully saturated rings. The van der Waals surface area contributed by atoms with E-state index in [2.05, 4.69) is 15.4 Å². The van der Waals surface area contributed by atoms with Crippen LogP contribution in [0.1, 0.15) is 47.1 Å². The van der Waals surface area contributed by atoms with Gasteiger partial charge in [-0.25, -0.2) is 4.68 Å². The van der Waals surface area contributed by atoms with Crippen LogP contribution in [-0.4, -0.2) is 30.7 Å². The summed E-state index contributed by atoms with van der Waals surface area (Å²) in [5, 5.41) is 12.6. The molecule has 0 bridgehead atoms. The fourth-order valence-electron chi connectivity index (χ4n) is 3.58. The zero-order chi connectivity index (χ0) is 16.8. The molecule has 0 atom stereocenters. The van der Waals surface area contributed by atoms with Gasteiger partial charge in [0, 0.05) is 11.9 Å². The van der Waals surface area contributed by atoms with Gasteiger partial charge in [-0.15, -0.1) is 5.10 Å². The summed E-state index contributed by atoms with van der Waals surface area (Å²) in [6.07, 6.45) is 6.84. The first-order valence-corrected chi connectivity index (χ1v) is 8.62. The molecule has 1 aromatic carbocycles. The van der Waals surface area contributed by atoms with E-state index in [0.717, 1.165) is 29.8 Å². The minimum Gasteiger partial charge on any atom is -0.301 e. The van der Waals surface area contributed by atoms with Crippen LogP contribution in [0.2, 0.25) is 0 Å². The van der Waals surface area contributed by atoms with Crippen molar-refractivity contribution in [2.45, 2.75) is 38.4 Å². The molecule has 0 radical (unpaired) electrons. The molecule has 2 aliphatic rings. The molecular formula is C18H18N6O. The molecule has 1 amide bonds. The summed E-state index contributed by atoms with van der Waals surface area (Å²) in [5.41, 5.74) is 3.58. The average molecular weight is 334 g/mol. The number of para-hydroxylation sites is 1. The Morgan fingerprint density at radius 3 is 2.84 bits per heavy atom. The number of amides is 1. The maximum atomic E-state index is 13.4. The molecule has 0 N–H and O–H groups in total. The van der Waals surface area contributed by atoms with Crippen molar-refractivity contribution in [1.29, 1.82) is 0 Å². The maximum Gasteiger partial charge on any atom is 0.276 e. The van der Waals surface area contributed by atoms with E-state index in [1.165, 1.54) is 6.42 Å². The van der Waals surface area contributed by atoms with Gasteiger partial charge in [0.05, 0.1) is 31.0 Å². The van der Waals surface area contributed by atoms with Crippen LogP contribution >= 0.6 is 0 Å². The van der Waals surface area contributed by atoms with E-state index < -0.39 is 0 Å². The van der Waals surface area contributed by atoms with Gasteiger partial charge in [0.1, 0.15) is 5.69 Å². The normalized spacial score (nSPS) is 16.7. The number of anilines is 1. The van der Waals surface area contributed by atoms with Gasteiger partial charge in [0.25, 0.3) is 5.91 Å². The second-order valence-corrected chi connectivity index (χ2v) is 6.65. The Kier molecular flexibility index (Phi) is 3.19. The summed E-state index contributed by atoms with van der Waals surface area (Å²) >= 11 is 0. The van der Waals surface area contributed by atoms with E-state index in [4.69, 9.17) is 0 Å². The summed E-state index contributed by atoms with van der Waals surface area (Å²) in [7, 11) is 0. The molecule has 5 rings (SSSR count). The van der Waals surface area contributed by atoms with E-state index in [1.54, 1.807) is 12.4 Å². The van der Waals surface area contributed by atoms with E-state index in [0.29, 0.717) is 24.8 Å². The monoisotopic (exact) mass is 334 g/mol. The van der Waals surface area contributed by atoms with Gasteiger partial charge in [0.2, 0.25) is 0 Å². The first-order chi connectivity index (χ1) is 12.3. The third-order valence-electron chi connectivity index (χ3n) is 5.18. The quantitative estimate of drug-likeness (QED) is 0.722. The molecule has 0 saturated heterocycles. The molecule has 1 aliphatic carbocycles. The molecule has 0 spiro atoms. The van der Waals surface area contributed by atoms with Crippen LogP contribution in [0.4, 0.5) is 5.69 Å². The summed E-state index contributed by atoms with van der Waals surface area (Å²) in [4.78, 5) is 15.2. The predicted octanol–water partition coefficient (Wildman–Crippen LogP) is 2.41. The van der Waals surface area contributed by atoms with Crippen molar-refractivity contribution in [2.24, 2.45) is 0 Å². The zero-order valence-electron chi connectivity index (χ0n) is 13.7. The molecule has 1 saturated carbocycles. The summed E-state index contributed by atoms with van der Waals surface area (Å²) in [5.74, 6) is -0.0218. The Balaban J connectivity index is 1.58. The second kappa shape index (κ2) is 5.54. The van der Waals surface area contributed by atoms with Gasteiger partial charge in [0.15, 0.2) is 0 Å². The van der Waals surface area contributed by atoms with Crippen molar-refractivity contribution in [3.8, 4) is 0 Å². The van der Waals surface area contributed by atoms with Crippen LogP contribution in [0.5, 0.6) is 0 Å². The van der Waals surface area contributed by atoms with Crippen LogP contribution in [-0.2, 0) is 13.1 Å². The van der Waals surface area contributed by atoms with Crippen molar-refractivity contribution in [3.63, 3.8) is 0 Å². The van der Waals surface area contributed by atoms with Gasteiger partial charge in [-0.05, 0) is 37.0 Å². The Hall–Kier alpha value is -2.96. The van der Waals surface area contributed by atoms with Gasteiger partial charge in [-0.1, -0.05) is 23.4 Å². The number of nitrogens with zero attached hydrogens (tertiary/aromatic N) is 6. The SMILES string of the molecule is O=C(c1ccnn1C1CCC1)N1Cc2cnnn2Cc2ccccc21. The van der Waals surface area contributed by atoms with Gasteiger partial charge >= 0.3 is 0 Å². The second-order valence-electron chi connectivity index (χ2n) is 6.65. The molecule has 0 unspecified atom stereocenters. The lowest BCUT2D eigenvalue weighted by molar-refractivity contribution is 0.0967. The smallest absolute Gasteiger partial charge is 0.276 e. The fourth-order valence-corrected chi connectivity index (χ4v) is 3.58. The van der Waals surface area contributed by atoms with Gasteiger partial charge < -0.3 is 4.90 Å². The molecule has 3 aromatic rings. The van der Waals surface area contributed by atoms with Crippen LogP contribution < -0.4 is 4.90 Å². The summed E-state index contributed by atoms with van der Waals surface area (Å²) in [6.45, 7) is 1.08. The Labute approximate surface area is 144 Å². The third kappa shape index (κ3) is 2.26. The number of aromatic nitrogens is 5. The van der Waals surface area contributed by atoms with Crippen LogP contribution in [0.15, 0.2) is 42.7 Å². The Morgan fingerprint density at radius 2 is 2.00 bits per heavy atom. The number of rotatable bonds is 2. The third-order valence-corrected chi connectivity index (χ3v) is 5.18. The van der Waals surface area contributed by atoms with Crippen LogP contribution in [0.3, 0.4) is 0 Å². The minimum atomic E-state index is -0.0218. The lowest BCUT2D eigenvalue weighted by Crippen LogP contribution is -2.34. The number of hydrogen-bond donors (Lipinski definition) is 0. The number of carbonyl (C=O) groups is 1. The van der Waals surface area contributed by atoms with Gasteiger partial charge in [-0.3, -0.25) is 9.48 Å². The van der Waals surface area contributed by atoms with Crippen molar-refractivity contribution < 1.29 is 4.79 Å². The molecule has 126 valence electrons. The number of hydrogen-bond acceptors (Lipinski definition) is 4. The highest BCUT2D eigenvalue weighted by molar-refractivity contribution is 6.05. The first-order valence-electron chi connectivity index (χ1n) is 8.62. The number of fused-ring (bicyclic) bond motifs is 2. The van der Waals surface area contributed by atoms with Crippen molar-refractivity contribution in [3.05, 3.63) is 59.7 Å². The highest BCUT2D eigenvalue weighted by Gasteiger charge is 2.30. The summed E-state index contributed by atoms with van der Waals surface area (Å²) in [6, 6.07) is 10.2. The highest BCUT2D eigenvalue weighted by Crippen LogP contribution is 2.33. The van der Waals surface area contributed by atoms with Crippen molar-refractivity contribution >= 4 is 11.6 Å². The molecule has 2 aromatic heterocycles. The highest BCUT2D eigenvalue weighted by atomic mass is 16.2. The van der Waals surface area contributed by atoms with E-state index in [1.807, 2.05) is 44.6 Å². The van der Waals surface area contributed by atoms with Crippen molar-refractivity contribution in [2.75, 3.05) is 4.90 Å². The fraction of sp³-hybridized carbons (Fsp3) is 0.333. The lowest BCUT2D eigenvalue weighted by Gasteiger charge is -2.29. The minimum absolute atomic E-state index is 0.0218. The molecule has 3 heterocycles. The Morgan fingerprint density at radius 1 is 1.12 bits per heavy atom. The maximum absolute atomic E-state index is 13.4. The average Bonchev–Trinajstić information content (AvgIpc) is 3.18. The molecule has 7 nitrogen and oxygen atoms in total. The number of benzene rings is 1. The van der Waals surface area contributed by atoms with Crippen LogP contribution in [0, 0.1) is 0 Å². The number of carbonyl (C=O) groups excluding carboxylic acids is 1. The summed E-state index contributed by atoms with van der Waals surface area (Å²) < 4.78 is 3.75. The van der Waals surface area contributed by atoms with E-state index in [9.17, 15) is 4.79 Å². The van der Waals surface area contributed by atoms with Crippen molar-refractivity contribution in [1.82, 2.24) is 24.8 Å². The largest absolute Gasteiger partial charge is 0.301 e. The van der Waals surface area contributed by atoms with E-state index >= 15 is 0 Å². The Bertz CT molecular complexity index is 938. The van der Waals surface area contributed by atoms with E-state index in [-0.39, 0.29) is 5.91 Å². The molecule has 25 heavy (non-hydrogen) atoms.